The highest BCUT2D eigenvalue weighted by atomic mass is 35.5. The molecule has 0 saturated carbocycles. The zero-order valence-electron chi connectivity index (χ0n) is 21.9. The van der Waals surface area contributed by atoms with E-state index in [0.29, 0.717) is 27.8 Å². The van der Waals surface area contributed by atoms with Crippen molar-refractivity contribution >= 4 is 50.7 Å². The van der Waals surface area contributed by atoms with Gasteiger partial charge in [0, 0.05) is 23.6 Å². The molecule has 0 aliphatic carbocycles. The van der Waals surface area contributed by atoms with Crippen molar-refractivity contribution in [3.05, 3.63) is 88.4 Å². The molecular weight excluding hydrogens is 561 g/mol. The van der Waals surface area contributed by atoms with Gasteiger partial charge in [-0.3, -0.25) is 13.9 Å². The summed E-state index contributed by atoms with van der Waals surface area (Å²) in [5.74, 6) is -0.671. The zero-order valence-corrected chi connectivity index (χ0v) is 24.3. The Morgan fingerprint density at radius 2 is 1.59 bits per heavy atom. The zero-order chi connectivity index (χ0) is 28.6. The number of amides is 2. The first-order valence-electron chi connectivity index (χ1n) is 12.4. The molecule has 3 aromatic rings. The number of para-hydroxylation sites is 2. The Labute approximate surface area is 239 Å². The molecule has 11 heteroatoms. The largest absolute Gasteiger partial charge is 0.492 e. The van der Waals surface area contributed by atoms with Crippen molar-refractivity contribution < 1.29 is 22.7 Å². The Balaban J connectivity index is 2.12. The molecule has 0 spiro atoms. The number of ether oxygens (including phenoxy) is 1. The number of likely N-dealkylation sites (N-methyl/N-ethyl adjacent to an activating group) is 1. The van der Waals surface area contributed by atoms with Crippen LogP contribution < -0.4 is 14.4 Å². The van der Waals surface area contributed by atoms with Gasteiger partial charge in [0.15, 0.2) is 0 Å². The second kappa shape index (κ2) is 13.7. The highest BCUT2D eigenvalue weighted by Gasteiger charge is 2.34. The van der Waals surface area contributed by atoms with E-state index in [4.69, 9.17) is 27.9 Å². The van der Waals surface area contributed by atoms with Gasteiger partial charge in [-0.1, -0.05) is 60.5 Å². The lowest BCUT2D eigenvalue weighted by molar-refractivity contribution is -0.140. The van der Waals surface area contributed by atoms with E-state index in [9.17, 15) is 18.0 Å². The number of benzene rings is 3. The topological polar surface area (TPSA) is 96.0 Å². The molecule has 0 radical (unpaired) electrons. The fourth-order valence-corrected chi connectivity index (χ4v) is 5.83. The maximum Gasteiger partial charge on any atom is 0.264 e. The molecule has 39 heavy (non-hydrogen) atoms. The highest BCUT2D eigenvalue weighted by molar-refractivity contribution is 7.92. The molecule has 1 N–H and O–H groups in total. The maximum atomic E-state index is 14.0. The van der Waals surface area contributed by atoms with Crippen molar-refractivity contribution in [2.24, 2.45) is 0 Å². The van der Waals surface area contributed by atoms with Crippen molar-refractivity contribution in [3.63, 3.8) is 0 Å². The first kappa shape index (κ1) is 30.3. The fourth-order valence-electron chi connectivity index (χ4n) is 4.08. The number of hydrogen-bond donors (Lipinski definition) is 1. The number of carbonyl (C=O) groups excluding carboxylic acids is 2. The monoisotopic (exact) mass is 591 g/mol. The quantitative estimate of drug-likeness (QED) is 0.314. The van der Waals surface area contributed by atoms with Crippen LogP contribution in [-0.2, 0) is 26.2 Å². The van der Waals surface area contributed by atoms with Gasteiger partial charge in [0.2, 0.25) is 11.8 Å². The number of sulfonamides is 1. The third kappa shape index (κ3) is 7.23. The van der Waals surface area contributed by atoms with Gasteiger partial charge in [-0.2, -0.15) is 0 Å². The van der Waals surface area contributed by atoms with Gasteiger partial charge >= 0.3 is 0 Å². The number of halogens is 2. The van der Waals surface area contributed by atoms with Crippen molar-refractivity contribution in [1.82, 2.24) is 10.2 Å². The predicted octanol–water partition coefficient (Wildman–Crippen LogP) is 5.14. The molecule has 0 aliphatic rings. The predicted molar refractivity (Wildman–Crippen MR) is 154 cm³/mol. The molecule has 1 atom stereocenters. The summed E-state index contributed by atoms with van der Waals surface area (Å²) in [6.45, 7) is 3.26. The summed E-state index contributed by atoms with van der Waals surface area (Å²) in [4.78, 5) is 28.1. The lowest BCUT2D eigenvalue weighted by Gasteiger charge is -2.33. The fraction of sp³-hybridized carbons (Fsp3) is 0.286. The molecule has 3 rings (SSSR count). The standard InChI is InChI=1S/C28H31Cl2N3O5S/c1-4-24(28(35)31-3)32(18-20-10-6-7-11-23(20)30)27(34)19-33(25-12-8-9-13-26(25)38-5-2)39(36,37)22-16-14-21(29)15-17-22/h6-17,24H,4-5,18-19H2,1-3H3,(H,31,35). The number of anilines is 1. The molecule has 1 unspecified atom stereocenters. The lowest BCUT2D eigenvalue weighted by atomic mass is 10.1. The van der Waals surface area contributed by atoms with Crippen LogP contribution in [0.2, 0.25) is 10.0 Å². The van der Waals surface area contributed by atoms with Crippen LogP contribution in [0.1, 0.15) is 25.8 Å². The molecule has 8 nitrogen and oxygen atoms in total. The van der Waals surface area contributed by atoms with Gasteiger partial charge in [-0.25, -0.2) is 8.42 Å². The SMILES string of the molecule is CCOc1ccccc1N(CC(=O)N(Cc1ccccc1Cl)C(CC)C(=O)NC)S(=O)(=O)c1ccc(Cl)cc1. The molecule has 2 amide bonds. The second-order valence-corrected chi connectivity index (χ2v) is 11.2. The maximum absolute atomic E-state index is 14.0. The van der Waals surface area contributed by atoms with E-state index in [1.807, 2.05) is 0 Å². The molecular formula is C28H31Cl2N3O5S. The molecule has 0 heterocycles. The van der Waals surface area contributed by atoms with Crippen molar-refractivity contribution in [2.45, 2.75) is 37.8 Å². The van der Waals surface area contributed by atoms with E-state index in [1.54, 1.807) is 62.4 Å². The summed E-state index contributed by atoms with van der Waals surface area (Å²) in [6.07, 6.45) is 0.301. The molecule has 0 aromatic heterocycles. The minimum absolute atomic E-state index is 0.00632. The minimum Gasteiger partial charge on any atom is -0.492 e. The summed E-state index contributed by atoms with van der Waals surface area (Å²) in [7, 11) is -2.77. The smallest absolute Gasteiger partial charge is 0.264 e. The highest BCUT2D eigenvalue weighted by Crippen LogP contribution is 2.33. The Morgan fingerprint density at radius 1 is 0.949 bits per heavy atom. The van der Waals surface area contributed by atoms with Crippen LogP contribution in [0.15, 0.2) is 77.7 Å². The van der Waals surface area contributed by atoms with Crippen LogP contribution in [-0.4, -0.2) is 51.4 Å². The Bertz CT molecular complexity index is 1400. The number of hydrogen-bond acceptors (Lipinski definition) is 5. The van der Waals surface area contributed by atoms with E-state index in [0.717, 1.165) is 4.31 Å². The summed E-state index contributed by atoms with van der Waals surface area (Å²) in [5.41, 5.74) is 0.810. The molecule has 208 valence electrons. The summed E-state index contributed by atoms with van der Waals surface area (Å²) < 4.78 is 34.6. The Hall–Kier alpha value is -3.27. The number of nitrogens with one attached hydrogen (secondary N) is 1. The van der Waals surface area contributed by atoms with E-state index in [1.165, 1.54) is 36.2 Å². The number of nitrogens with zero attached hydrogens (tertiary/aromatic N) is 2. The summed E-state index contributed by atoms with van der Waals surface area (Å²) in [6, 6.07) is 18.4. The van der Waals surface area contributed by atoms with Crippen LogP contribution in [0.5, 0.6) is 5.75 Å². The Morgan fingerprint density at radius 3 is 2.21 bits per heavy atom. The second-order valence-electron chi connectivity index (χ2n) is 8.52. The van der Waals surface area contributed by atoms with Gasteiger partial charge in [-0.05, 0) is 61.4 Å². The molecule has 3 aromatic carbocycles. The van der Waals surface area contributed by atoms with Crippen molar-refractivity contribution in [2.75, 3.05) is 24.5 Å². The van der Waals surface area contributed by atoms with E-state index in [-0.39, 0.29) is 29.6 Å². The third-order valence-corrected chi connectivity index (χ3v) is 8.44. The van der Waals surface area contributed by atoms with Gasteiger partial charge in [0.05, 0.1) is 17.2 Å². The summed E-state index contributed by atoms with van der Waals surface area (Å²) >= 11 is 12.4. The first-order valence-corrected chi connectivity index (χ1v) is 14.6. The van der Waals surface area contributed by atoms with Crippen LogP contribution in [0.3, 0.4) is 0 Å². The van der Waals surface area contributed by atoms with E-state index in [2.05, 4.69) is 5.32 Å². The van der Waals surface area contributed by atoms with Gasteiger partial charge < -0.3 is 15.0 Å². The Kier molecular flexibility index (Phi) is 10.6. The van der Waals surface area contributed by atoms with Crippen molar-refractivity contribution in [3.8, 4) is 5.75 Å². The van der Waals surface area contributed by atoms with E-state index >= 15 is 0 Å². The van der Waals surface area contributed by atoms with E-state index < -0.39 is 28.5 Å². The molecule has 0 aliphatic heterocycles. The third-order valence-electron chi connectivity index (χ3n) is 6.05. The lowest BCUT2D eigenvalue weighted by Crippen LogP contribution is -2.51. The van der Waals surface area contributed by atoms with Gasteiger partial charge in [-0.15, -0.1) is 0 Å². The average Bonchev–Trinajstić information content (AvgIpc) is 2.93. The van der Waals surface area contributed by atoms with Gasteiger partial charge in [0.25, 0.3) is 10.0 Å². The summed E-state index contributed by atoms with van der Waals surface area (Å²) in [5, 5.41) is 3.39. The van der Waals surface area contributed by atoms with Crippen LogP contribution in [0.25, 0.3) is 0 Å². The minimum atomic E-state index is -4.26. The molecule has 0 bridgehead atoms. The van der Waals surface area contributed by atoms with Crippen LogP contribution >= 0.6 is 23.2 Å². The number of carbonyl (C=O) groups is 2. The average molecular weight is 593 g/mol. The van der Waals surface area contributed by atoms with Gasteiger partial charge in [0.1, 0.15) is 18.3 Å². The molecule has 0 fully saturated rings. The normalized spacial score (nSPS) is 11.9. The van der Waals surface area contributed by atoms with Crippen LogP contribution in [0, 0.1) is 0 Å². The van der Waals surface area contributed by atoms with Crippen LogP contribution in [0.4, 0.5) is 5.69 Å². The van der Waals surface area contributed by atoms with Crippen molar-refractivity contribution in [1.29, 1.82) is 0 Å². The first-order chi connectivity index (χ1) is 18.6. The molecule has 0 saturated heterocycles. The number of rotatable bonds is 12.